The maximum atomic E-state index is 12.6. The van der Waals surface area contributed by atoms with Crippen LogP contribution in [0.1, 0.15) is 17.2 Å². The number of aliphatic hydroxyl groups excluding tert-OH is 1. The van der Waals surface area contributed by atoms with E-state index in [9.17, 15) is 13.5 Å². The van der Waals surface area contributed by atoms with Gasteiger partial charge < -0.3 is 5.11 Å². The maximum Gasteiger partial charge on any atom is 0.243 e. The van der Waals surface area contributed by atoms with Crippen LogP contribution in [0.15, 0.2) is 53.4 Å². The van der Waals surface area contributed by atoms with Crippen molar-refractivity contribution in [3.8, 4) is 0 Å². The molecule has 0 radical (unpaired) electrons. The Morgan fingerprint density at radius 3 is 2.64 bits per heavy atom. The third-order valence-corrected chi connectivity index (χ3v) is 6.25. The smallest absolute Gasteiger partial charge is 0.243 e. The lowest BCUT2D eigenvalue weighted by molar-refractivity contribution is 0.0892. The van der Waals surface area contributed by atoms with Crippen molar-refractivity contribution < 1.29 is 13.5 Å². The van der Waals surface area contributed by atoms with E-state index in [4.69, 9.17) is 11.6 Å². The molecule has 1 aliphatic rings. The molecule has 116 valence electrons. The highest BCUT2D eigenvalue weighted by Gasteiger charge is 2.41. The van der Waals surface area contributed by atoms with E-state index >= 15 is 0 Å². The van der Waals surface area contributed by atoms with Crippen molar-refractivity contribution in [2.24, 2.45) is 0 Å². The molecule has 22 heavy (non-hydrogen) atoms. The molecule has 1 aliphatic heterocycles. The Morgan fingerprint density at radius 1 is 1.18 bits per heavy atom. The van der Waals surface area contributed by atoms with Gasteiger partial charge in [-0.05, 0) is 30.2 Å². The standard InChI is InChI=1S/C16H16ClNO3S/c1-18-14(10-11-5-4-6-12(17)9-11)16(19)13-7-2-3-8-15(13)22(18,20)21/h2-9,14,16,19H,10H2,1H3. The molecule has 6 heteroatoms. The lowest BCUT2D eigenvalue weighted by Gasteiger charge is -2.37. The number of hydrogen-bond donors (Lipinski definition) is 1. The summed E-state index contributed by atoms with van der Waals surface area (Å²) in [5, 5.41) is 11.2. The number of nitrogens with zero attached hydrogens (tertiary/aromatic N) is 1. The van der Waals surface area contributed by atoms with Crippen LogP contribution in [0.5, 0.6) is 0 Å². The van der Waals surface area contributed by atoms with Gasteiger partial charge in [0.05, 0.1) is 17.0 Å². The molecule has 0 fully saturated rings. The van der Waals surface area contributed by atoms with Gasteiger partial charge in [-0.1, -0.05) is 41.9 Å². The normalized spacial score (nSPS) is 24.0. The first-order valence-electron chi connectivity index (χ1n) is 6.91. The van der Waals surface area contributed by atoms with Crippen LogP contribution in [0.4, 0.5) is 0 Å². The average molecular weight is 338 g/mol. The van der Waals surface area contributed by atoms with E-state index in [-0.39, 0.29) is 4.90 Å². The summed E-state index contributed by atoms with van der Waals surface area (Å²) < 4.78 is 26.5. The van der Waals surface area contributed by atoms with Crippen LogP contribution in [-0.4, -0.2) is 30.9 Å². The Kier molecular flexibility index (Phi) is 3.99. The van der Waals surface area contributed by atoms with Gasteiger partial charge in [0.25, 0.3) is 0 Å². The monoisotopic (exact) mass is 337 g/mol. The van der Waals surface area contributed by atoms with Gasteiger partial charge in [-0.2, -0.15) is 4.31 Å². The van der Waals surface area contributed by atoms with E-state index in [2.05, 4.69) is 0 Å². The fourth-order valence-corrected chi connectivity index (χ4v) is 4.65. The van der Waals surface area contributed by atoms with Gasteiger partial charge in [-0.3, -0.25) is 0 Å². The number of rotatable bonds is 2. The lowest BCUT2D eigenvalue weighted by atomic mass is 9.96. The van der Waals surface area contributed by atoms with Crippen LogP contribution in [0.2, 0.25) is 5.02 Å². The van der Waals surface area contributed by atoms with Gasteiger partial charge in [-0.15, -0.1) is 0 Å². The molecule has 1 heterocycles. The number of benzene rings is 2. The molecule has 0 amide bonds. The molecule has 3 rings (SSSR count). The number of sulfonamides is 1. The molecule has 4 nitrogen and oxygen atoms in total. The fraction of sp³-hybridized carbons (Fsp3) is 0.250. The quantitative estimate of drug-likeness (QED) is 0.916. The molecule has 1 N–H and O–H groups in total. The minimum Gasteiger partial charge on any atom is -0.387 e. The number of fused-ring (bicyclic) bond motifs is 1. The summed E-state index contributed by atoms with van der Waals surface area (Å²) in [5.41, 5.74) is 1.34. The minimum absolute atomic E-state index is 0.173. The van der Waals surface area contributed by atoms with E-state index in [1.54, 1.807) is 30.3 Å². The van der Waals surface area contributed by atoms with E-state index in [1.165, 1.54) is 17.4 Å². The molecule has 0 spiro atoms. The Labute approximate surface area is 135 Å². The molecular formula is C16H16ClNO3S. The number of likely N-dealkylation sites (N-methyl/N-ethyl adjacent to an activating group) is 1. The first kappa shape index (κ1) is 15.5. The summed E-state index contributed by atoms with van der Waals surface area (Å²) in [4.78, 5) is 0.173. The molecule has 0 saturated carbocycles. The van der Waals surface area contributed by atoms with E-state index in [1.807, 2.05) is 12.1 Å². The summed E-state index contributed by atoms with van der Waals surface area (Å²) in [7, 11) is -2.09. The van der Waals surface area contributed by atoms with Crippen molar-refractivity contribution in [2.75, 3.05) is 7.05 Å². The Hall–Kier alpha value is -1.40. The van der Waals surface area contributed by atoms with Crippen LogP contribution >= 0.6 is 11.6 Å². The highest BCUT2D eigenvalue weighted by atomic mass is 35.5. The number of hydrogen-bond acceptors (Lipinski definition) is 3. The topological polar surface area (TPSA) is 57.6 Å². The molecule has 0 bridgehead atoms. The third-order valence-electron chi connectivity index (χ3n) is 4.06. The zero-order chi connectivity index (χ0) is 15.9. The van der Waals surface area contributed by atoms with Gasteiger partial charge in [0.15, 0.2) is 0 Å². The number of halogens is 1. The van der Waals surface area contributed by atoms with Gasteiger partial charge in [-0.25, -0.2) is 8.42 Å². The van der Waals surface area contributed by atoms with Crippen molar-refractivity contribution in [1.82, 2.24) is 4.31 Å². The first-order chi connectivity index (χ1) is 10.4. The molecule has 2 unspecified atom stereocenters. The van der Waals surface area contributed by atoms with Crippen LogP contribution in [0.3, 0.4) is 0 Å². The second-order valence-corrected chi connectivity index (χ2v) is 7.81. The first-order valence-corrected chi connectivity index (χ1v) is 8.72. The Morgan fingerprint density at radius 2 is 1.91 bits per heavy atom. The van der Waals surface area contributed by atoms with E-state index in [0.29, 0.717) is 17.0 Å². The highest BCUT2D eigenvalue weighted by Crippen LogP contribution is 2.37. The molecule has 2 atom stereocenters. The zero-order valence-corrected chi connectivity index (χ0v) is 13.6. The van der Waals surface area contributed by atoms with Crippen LogP contribution in [0.25, 0.3) is 0 Å². The van der Waals surface area contributed by atoms with Crippen molar-refractivity contribution >= 4 is 21.6 Å². The predicted octanol–water partition coefficient (Wildman–Crippen LogP) is 2.62. The van der Waals surface area contributed by atoms with Crippen LogP contribution in [-0.2, 0) is 16.4 Å². The van der Waals surface area contributed by atoms with Crippen LogP contribution in [0, 0.1) is 0 Å². The van der Waals surface area contributed by atoms with Crippen molar-refractivity contribution in [3.63, 3.8) is 0 Å². The zero-order valence-electron chi connectivity index (χ0n) is 12.0. The van der Waals surface area contributed by atoms with Gasteiger partial charge in [0.1, 0.15) is 0 Å². The molecule has 2 aromatic rings. The molecule has 0 saturated heterocycles. The van der Waals surface area contributed by atoms with Crippen molar-refractivity contribution in [1.29, 1.82) is 0 Å². The Bertz CT molecular complexity index is 807. The largest absolute Gasteiger partial charge is 0.387 e. The predicted molar refractivity (Wildman–Crippen MR) is 85.3 cm³/mol. The van der Waals surface area contributed by atoms with Gasteiger partial charge >= 0.3 is 0 Å². The molecule has 0 aliphatic carbocycles. The van der Waals surface area contributed by atoms with E-state index in [0.717, 1.165) is 5.56 Å². The molecular weight excluding hydrogens is 322 g/mol. The number of aliphatic hydroxyl groups is 1. The van der Waals surface area contributed by atoms with Crippen molar-refractivity contribution in [3.05, 3.63) is 64.7 Å². The van der Waals surface area contributed by atoms with Gasteiger partial charge in [0.2, 0.25) is 10.0 Å². The minimum atomic E-state index is -3.59. The van der Waals surface area contributed by atoms with E-state index < -0.39 is 22.2 Å². The second-order valence-electron chi connectivity index (χ2n) is 5.41. The maximum absolute atomic E-state index is 12.6. The molecule has 2 aromatic carbocycles. The summed E-state index contributed by atoms with van der Waals surface area (Å²) in [6, 6.07) is 13.3. The van der Waals surface area contributed by atoms with Crippen LogP contribution < -0.4 is 0 Å². The second kappa shape index (κ2) is 5.66. The fourth-order valence-electron chi connectivity index (χ4n) is 2.84. The SMILES string of the molecule is CN1C(Cc2cccc(Cl)c2)C(O)c2ccccc2S1(=O)=O. The summed E-state index contributed by atoms with van der Waals surface area (Å²) >= 11 is 5.98. The molecule has 0 aromatic heterocycles. The third kappa shape index (κ3) is 2.54. The summed E-state index contributed by atoms with van der Waals surface area (Å²) in [6.07, 6.45) is -0.477. The summed E-state index contributed by atoms with van der Waals surface area (Å²) in [5.74, 6) is 0. The highest BCUT2D eigenvalue weighted by molar-refractivity contribution is 7.89. The summed E-state index contributed by atoms with van der Waals surface area (Å²) in [6.45, 7) is 0. The lowest BCUT2D eigenvalue weighted by Crippen LogP contribution is -2.46. The van der Waals surface area contributed by atoms with Crippen molar-refractivity contribution in [2.45, 2.75) is 23.5 Å². The van der Waals surface area contributed by atoms with Gasteiger partial charge in [0, 0.05) is 17.6 Å². The Balaban J connectivity index is 2.03. The average Bonchev–Trinajstić information content (AvgIpc) is 2.50.